The first kappa shape index (κ1) is 16.5. The maximum atomic E-state index is 11.3. The Balaban J connectivity index is 1.94. The molecule has 0 fully saturated rings. The first-order chi connectivity index (χ1) is 9.70. The molecule has 0 radical (unpaired) electrons. The number of aryl methyl sites for hydroxylation is 1. The largest absolute Gasteiger partial charge is 0.345 e. The Labute approximate surface area is 123 Å². The molecule has 0 saturated heterocycles. The average Bonchev–Trinajstić information content (AvgIpc) is 2.46. The Morgan fingerprint density at radius 2 is 1.65 bits per heavy atom. The monoisotopic (exact) mass is 273 g/mol. The summed E-state index contributed by atoms with van der Waals surface area (Å²) in [6.07, 6.45) is 12.2. The van der Waals surface area contributed by atoms with Crippen molar-refractivity contribution in [3.8, 4) is 0 Å². The van der Waals surface area contributed by atoms with Crippen LogP contribution in [-0.4, -0.2) is 24.9 Å². The summed E-state index contributed by atoms with van der Waals surface area (Å²) in [7, 11) is 3.55. The van der Waals surface area contributed by atoms with Crippen molar-refractivity contribution in [2.24, 2.45) is 0 Å². The maximum absolute atomic E-state index is 11.3. The van der Waals surface area contributed by atoms with E-state index in [1.165, 1.54) is 44.1 Å². The number of nitrogens with zero attached hydrogens (tertiary/aromatic N) is 1. The highest BCUT2D eigenvalue weighted by atomic mass is 16.2. The molecule has 0 N–H and O–H groups in total. The predicted molar refractivity (Wildman–Crippen MR) is 85.7 cm³/mol. The summed E-state index contributed by atoms with van der Waals surface area (Å²) in [6.45, 7) is 0. The highest BCUT2D eigenvalue weighted by Gasteiger charge is 1.96. The predicted octanol–water partition coefficient (Wildman–Crippen LogP) is 4.21. The zero-order chi connectivity index (χ0) is 14.6. The van der Waals surface area contributed by atoms with Gasteiger partial charge in [0.25, 0.3) is 0 Å². The number of allylic oxidation sites excluding steroid dienone is 1. The molecule has 20 heavy (non-hydrogen) atoms. The van der Waals surface area contributed by atoms with Gasteiger partial charge in [0.15, 0.2) is 0 Å². The van der Waals surface area contributed by atoms with Crippen molar-refractivity contribution in [1.29, 1.82) is 0 Å². The summed E-state index contributed by atoms with van der Waals surface area (Å²) < 4.78 is 0. The number of carbonyl (C=O) groups is 1. The van der Waals surface area contributed by atoms with Gasteiger partial charge in [0.05, 0.1) is 0 Å². The summed E-state index contributed by atoms with van der Waals surface area (Å²) in [5.74, 6) is 0.0767. The van der Waals surface area contributed by atoms with E-state index in [1.807, 2.05) is 6.08 Å². The Kier molecular flexibility index (Phi) is 8.44. The Morgan fingerprint density at radius 1 is 1.00 bits per heavy atom. The molecule has 0 atom stereocenters. The van der Waals surface area contributed by atoms with E-state index in [0.29, 0.717) is 0 Å². The summed E-state index contributed by atoms with van der Waals surface area (Å²) in [4.78, 5) is 12.9. The molecule has 0 aliphatic rings. The van der Waals surface area contributed by atoms with Gasteiger partial charge in [-0.25, -0.2) is 0 Å². The SMILES string of the molecule is CN(C)C(=O)/C=C/CCCCCCCc1ccccc1. The molecule has 0 spiro atoms. The van der Waals surface area contributed by atoms with Gasteiger partial charge in [0, 0.05) is 14.1 Å². The van der Waals surface area contributed by atoms with Gasteiger partial charge in [-0.1, -0.05) is 55.7 Å². The van der Waals surface area contributed by atoms with Crippen molar-refractivity contribution < 1.29 is 4.79 Å². The molecule has 0 saturated carbocycles. The first-order valence-corrected chi connectivity index (χ1v) is 7.62. The second kappa shape index (κ2) is 10.2. The highest BCUT2D eigenvalue weighted by Crippen LogP contribution is 2.09. The van der Waals surface area contributed by atoms with Crippen LogP contribution >= 0.6 is 0 Å². The highest BCUT2D eigenvalue weighted by molar-refractivity contribution is 5.86. The molecule has 0 heterocycles. The quantitative estimate of drug-likeness (QED) is 0.487. The Morgan fingerprint density at radius 3 is 2.35 bits per heavy atom. The molecule has 2 heteroatoms. The van der Waals surface area contributed by atoms with E-state index in [9.17, 15) is 4.79 Å². The van der Waals surface area contributed by atoms with E-state index in [1.54, 1.807) is 25.1 Å². The lowest BCUT2D eigenvalue weighted by molar-refractivity contribution is -0.123. The molecular formula is C18H27NO. The molecule has 0 aromatic heterocycles. The van der Waals surface area contributed by atoms with E-state index in [4.69, 9.17) is 0 Å². The first-order valence-electron chi connectivity index (χ1n) is 7.62. The number of benzene rings is 1. The Bertz CT molecular complexity index is 395. The van der Waals surface area contributed by atoms with Crippen LogP contribution in [-0.2, 0) is 11.2 Å². The number of likely N-dealkylation sites (N-methyl/N-ethyl adjacent to an activating group) is 1. The van der Waals surface area contributed by atoms with Gasteiger partial charge in [-0.15, -0.1) is 0 Å². The number of unbranched alkanes of at least 4 members (excludes halogenated alkanes) is 5. The average molecular weight is 273 g/mol. The molecule has 1 rings (SSSR count). The van der Waals surface area contributed by atoms with Gasteiger partial charge in [-0.3, -0.25) is 4.79 Å². The minimum absolute atomic E-state index is 0.0767. The summed E-state index contributed by atoms with van der Waals surface area (Å²) >= 11 is 0. The van der Waals surface area contributed by atoms with Crippen molar-refractivity contribution in [2.45, 2.75) is 44.9 Å². The number of hydrogen-bond donors (Lipinski definition) is 0. The second-order valence-corrected chi connectivity index (χ2v) is 5.43. The maximum Gasteiger partial charge on any atom is 0.245 e. The fourth-order valence-electron chi connectivity index (χ4n) is 2.10. The van der Waals surface area contributed by atoms with Gasteiger partial charge in [-0.2, -0.15) is 0 Å². The summed E-state index contributed by atoms with van der Waals surface area (Å²) in [6, 6.07) is 10.7. The standard InChI is InChI=1S/C18H27NO/c1-19(2)18(20)16-12-7-5-3-4-6-9-13-17-14-10-8-11-15-17/h8,10-12,14-16H,3-7,9,13H2,1-2H3/b16-12+. The molecule has 1 aromatic rings. The third-order valence-corrected chi connectivity index (χ3v) is 3.38. The molecule has 0 bridgehead atoms. The van der Waals surface area contributed by atoms with Crippen LogP contribution in [0.1, 0.15) is 44.1 Å². The van der Waals surface area contributed by atoms with Crippen molar-refractivity contribution in [3.63, 3.8) is 0 Å². The van der Waals surface area contributed by atoms with Crippen molar-refractivity contribution >= 4 is 5.91 Å². The van der Waals surface area contributed by atoms with E-state index in [-0.39, 0.29) is 5.91 Å². The number of carbonyl (C=O) groups excluding carboxylic acids is 1. The summed E-state index contributed by atoms with van der Waals surface area (Å²) in [5, 5.41) is 0. The molecule has 0 unspecified atom stereocenters. The van der Waals surface area contributed by atoms with Gasteiger partial charge in [0.2, 0.25) is 5.91 Å². The molecule has 110 valence electrons. The lowest BCUT2D eigenvalue weighted by atomic mass is 10.0. The molecule has 2 nitrogen and oxygen atoms in total. The molecule has 0 aliphatic heterocycles. The van der Waals surface area contributed by atoms with Gasteiger partial charge in [0.1, 0.15) is 0 Å². The molecule has 1 aromatic carbocycles. The van der Waals surface area contributed by atoms with Crippen LogP contribution in [0.2, 0.25) is 0 Å². The van der Waals surface area contributed by atoms with E-state index in [0.717, 1.165) is 6.42 Å². The van der Waals surface area contributed by atoms with Crippen LogP contribution in [0.3, 0.4) is 0 Å². The fraction of sp³-hybridized carbons (Fsp3) is 0.500. The van der Waals surface area contributed by atoms with Crippen LogP contribution < -0.4 is 0 Å². The normalized spacial score (nSPS) is 10.9. The second-order valence-electron chi connectivity index (χ2n) is 5.43. The number of hydrogen-bond acceptors (Lipinski definition) is 1. The minimum Gasteiger partial charge on any atom is -0.345 e. The third-order valence-electron chi connectivity index (χ3n) is 3.38. The zero-order valence-corrected chi connectivity index (χ0v) is 12.8. The minimum atomic E-state index is 0.0767. The molecular weight excluding hydrogens is 246 g/mol. The van der Waals surface area contributed by atoms with Crippen LogP contribution in [0.5, 0.6) is 0 Å². The van der Waals surface area contributed by atoms with Gasteiger partial charge >= 0.3 is 0 Å². The van der Waals surface area contributed by atoms with Crippen molar-refractivity contribution in [3.05, 3.63) is 48.0 Å². The van der Waals surface area contributed by atoms with E-state index < -0.39 is 0 Å². The number of amides is 1. The van der Waals surface area contributed by atoms with Crippen molar-refractivity contribution in [2.75, 3.05) is 14.1 Å². The number of rotatable bonds is 9. The van der Waals surface area contributed by atoms with Crippen LogP contribution in [0.25, 0.3) is 0 Å². The lowest BCUT2D eigenvalue weighted by Crippen LogP contribution is -2.18. The van der Waals surface area contributed by atoms with E-state index in [2.05, 4.69) is 30.3 Å². The lowest BCUT2D eigenvalue weighted by Gasteiger charge is -2.05. The Hall–Kier alpha value is -1.57. The van der Waals surface area contributed by atoms with E-state index >= 15 is 0 Å². The van der Waals surface area contributed by atoms with Crippen LogP contribution in [0.4, 0.5) is 0 Å². The van der Waals surface area contributed by atoms with Crippen LogP contribution in [0, 0.1) is 0 Å². The van der Waals surface area contributed by atoms with Gasteiger partial charge in [-0.05, 0) is 37.3 Å². The van der Waals surface area contributed by atoms with Gasteiger partial charge < -0.3 is 4.90 Å². The fourth-order valence-corrected chi connectivity index (χ4v) is 2.10. The zero-order valence-electron chi connectivity index (χ0n) is 12.8. The smallest absolute Gasteiger partial charge is 0.245 e. The topological polar surface area (TPSA) is 20.3 Å². The van der Waals surface area contributed by atoms with Crippen molar-refractivity contribution in [1.82, 2.24) is 4.90 Å². The molecule has 1 amide bonds. The van der Waals surface area contributed by atoms with Crippen LogP contribution in [0.15, 0.2) is 42.5 Å². The third kappa shape index (κ3) is 7.78. The summed E-state index contributed by atoms with van der Waals surface area (Å²) in [5.41, 5.74) is 1.44. The molecule has 0 aliphatic carbocycles.